The molecule has 0 aliphatic carbocycles. The number of nitrogens with one attached hydrogen (secondary N) is 1. The van der Waals surface area contributed by atoms with Crippen LogP contribution in [0.15, 0.2) is 65.6 Å². The molecule has 0 fully saturated rings. The van der Waals surface area contributed by atoms with Crippen molar-refractivity contribution < 1.29 is 9.18 Å². The summed E-state index contributed by atoms with van der Waals surface area (Å²) in [6, 6.07) is 18.9. The molecule has 4 heteroatoms. The van der Waals surface area contributed by atoms with Crippen LogP contribution in [0.25, 0.3) is 10.8 Å². The maximum Gasteiger partial charge on any atom is 0.234 e. The second-order valence-electron chi connectivity index (χ2n) is 5.31. The monoisotopic (exact) mass is 325 g/mol. The van der Waals surface area contributed by atoms with Crippen molar-refractivity contribution in [2.45, 2.75) is 11.8 Å². The molecule has 1 amide bonds. The van der Waals surface area contributed by atoms with Crippen LogP contribution in [0.2, 0.25) is 0 Å². The van der Waals surface area contributed by atoms with E-state index in [1.54, 1.807) is 19.1 Å². The van der Waals surface area contributed by atoms with Crippen LogP contribution in [0, 0.1) is 12.7 Å². The highest BCUT2D eigenvalue weighted by atomic mass is 32.2. The van der Waals surface area contributed by atoms with Gasteiger partial charge in [-0.3, -0.25) is 4.79 Å². The van der Waals surface area contributed by atoms with Gasteiger partial charge < -0.3 is 5.32 Å². The SMILES string of the molecule is Cc1ccc(NC(=O)CSc2ccc3ccccc3c2)cc1F. The molecule has 0 heterocycles. The van der Waals surface area contributed by atoms with E-state index in [4.69, 9.17) is 0 Å². The van der Waals surface area contributed by atoms with Crippen molar-refractivity contribution in [3.8, 4) is 0 Å². The van der Waals surface area contributed by atoms with E-state index in [2.05, 4.69) is 23.5 Å². The van der Waals surface area contributed by atoms with Gasteiger partial charge in [-0.25, -0.2) is 4.39 Å². The first-order valence-corrected chi connectivity index (χ1v) is 8.28. The smallest absolute Gasteiger partial charge is 0.234 e. The fourth-order valence-corrected chi connectivity index (χ4v) is 3.02. The summed E-state index contributed by atoms with van der Waals surface area (Å²) in [5.74, 6) is -0.176. The van der Waals surface area contributed by atoms with Crippen LogP contribution in [0.1, 0.15) is 5.56 Å². The van der Waals surface area contributed by atoms with Gasteiger partial charge >= 0.3 is 0 Å². The topological polar surface area (TPSA) is 29.1 Å². The maximum atomic E-state index is 13.5. The van der Waals surface area contributed by atoms with Gasteiger partial charge in [-0.05, 0) is 47.5 Å². The third kappa shape index (κ3) is 3.90. The number of anilines is 1. The summed E-state index contributed by atoms with van der Waals surface area (Å²) in [5.41, 5.74) is 1.05. The van der Waals surface area contributed by atoms with E-state index in [0.717, 1.165) is 10.3 Å². The number of benzene rings is 3. The summed E-state index contributed by atoms with van der Waals surface area (Å²) in [7, 11) is 0. The number of rotatable bonds is 4. The molecule has 0 unspecified atom stereocenters. The molecule has 2 nitrogen and oxygen atoms in total. The lowest BCUT2D eigenvalue weighted by Crippen LogP contribution is -2.14. The van der Waals surface area contributed by atoms with E-state index >= 15 is 0 Å². The lowest BCUT2D eigenvalue weighted by Gasteiger charge is -2.07. The number of carbonyl (C=O) groups excluding carboxylic acids is 1. The van der Waals surface area contributed by atoms with Crippen LogP contribution in [0.4, 0.5) is 10.1 Å². The molecule has 3 aromatic rings. The molecule has 0 aromatic heterocycles. The summed E-state index contributed by atoms with van der Waals surface area (Å²) in [6.07, 6.45) is 0. The van der Waals surface area contributed by atoms with Crippen molar-refractivity contribution in [1.82, 2.24) is 0 Å². The average molecular weight is 325 g/mol. The molecule has 3 aromatic carbocycles. The summed E-state index contributed by atoms with van der Waals surface area (Å²) in [6.45, 7) is 1.69. The normalized spacial score (nSPS) is 10.7. The number of fused-ring (bicyclic) bond motifs is 1. The Morgan fingerprint density at radius 1 is 1.04 bits per heavy atom. The van der Waals surface area contributed by atoms with Gasteiger partial charge in [0, 0.05) is 10.6 Å². The number of amides is 1. The first-order valence-electron chi connectivity index (χ1n) is 7.29. The highest BCUT2D eigenvalue weighted by Gasteiger charge is 2.06. The van der Waals surface area contributed by atoms with Crippen LogP contribution in [-0.2, 0) is 4.79 Å². The number of aryl methyl sites for hydroxylation is 1. The Hall–Kier alpha value is -2.33. The fourth-order valence-electron chi connectivity index (χ4n) is 2.27. The third-order valence-corrected chi connectivity index (χ3v) is 4.54. The molecule has 116 valence electrons. The molecular weight excluding hydrogens is 309 g/mol. The van der Waals surface area contributed by atoms with Crippen LogP contribution in [0.5, 0.6) is 0 Å². The lowest BCUT2D eigenvalue weighted by molar-refractivity contribution is -0.113. The minimum Gasteiger partial charge on any atom is -0.325 e. The molecule has 0 radical (unpaired) electrons. The molecular formula is C19H16FNOS. The quantitative estimate of drug-likeness (QED) is 0.683. The largest absolute Gasteiger partial charge is 0.325 e. The summed E-state index contributed by atoms with van der Waals surface area (Å²) in [5, 5.41) is 5.05. The highest BCUT2D eigenvalue weighted by molar-refractivity contribution is 8.00. The van der Waals surface area contributed by atoms with Gasteiger partial charge in [0.1, 0.15) is 5.82 Å². The van der Waals surface area contributed by atoms with Crippen LogP contribution in [-0.4, -0.2) is 11.7 Å². The fraction of sp³-hybridized carbons (Fsp3) is 0.105. The zero-order valence-electron chi connectivity index (χ0n) is 12.7. The first-order chi connectivity index (χ1) is 11.1. The predicted octanol–water partition coefficient (Wildman–Crippen LogP) is 5.02. The molecule has 0 bridgehead atoms. The molecule has 0 atom stereocenters. The van der Waals surface area contributed by atoms with E-state index in [1.165, 1.54) is 23.2 Å². The van der Waals surface area contributed by atoms with Gasteiger partial charge in [0.05, 0.1) is 5.75 Å². The first kappa shape index (κ1) is 15.6. The van der Waals surface area contributed by atoms with Crippen molar-refractivity contribution in [3.63, 3.8) is 0 Å². The van der Waals surface area contributed by atoms with Gasteiger partial charge in [0.2, 0.25) is 5.91 Å². The minimum absolute atomic E-state index is 0.147. The van der Waals surface area contributed by atoms with Gasteiger partial charge in [-0.2, -0.15) is 0 Å². The number of halogens is 1. The Bertz CT molecular complexity index is 863. The second kappa shape index (κ2) is 6.84. The van der Waals surface area contributed by atoms with Gasteiger partial charge in [0.15, 0.2) is 0 Å². The maximum absolute atomic E-state index is 13.5. The average Bonchev–Trinajstić information content (AvgIpc) is 2.56. The molecule has 0 saturated carbocycles. The lowest BCUT2D eigenvalue weighted by atomic mass is 10.1. The highest BCUT2D eigenvalue weighted by Crippen LogP contribution is 2.24. The molecule has 0 saturated heterocycles. The van der Waals surface area contributed by atoms with E-state index in [1.807, 2.05) is 24.3 Å². The van der Waals surface area contributed by atoms with Crippen LogP contribution >= 0.6 is 11.8 Å². The van der Waals surface area contributed by atoms with Crippen LogP contribution in [0.3, 0.4) is 0 Å². The predicted molar refractivity (Wildman–Crippen MR) is 94.4 cm³/mol. The van der Waals surface area contributed by atoms with Crippen molar-refractivity contribution in [2.24, 2.45) is 0 Å². The van der Waals surface area contributed by atoms with Crippen molar-refractivity contribution >= 4 is 34.1 Å². The Labute approximate surface area is 138 Å². The molecule has 3 rings (SSSR count). The summed E-state index contributed by atoms with van der Waals surface area (Å²) in [4.78, 5) is 13.0. The Morgan fingerprint density at radius 3 is 2.61 bits per heavy atom. The third-order valence-electron chi connectivity index (χ3n) is 3.55. The second-order valence-corrected chi connectivity index (χ2v) is 6.36. The number of hydrogen-bond acceptors (Lipinski definition) is 2. The Morgan fingerprint density at radius 2 is 1.83 bits per heavy atom. The zero-order valence-corrected chi connectivity index (χ0v) is 13.5. The number of thioether (sulfide) groups is 1. The minimum atomic E-state index is -0.315. The van der Waals surface area contributed by atoms with Gasteiger partial charge in [-0.15, -0.1) is 11.8 Å². The standard InChI is InChI=1S/C19H16FNOS/c1-13-6-8-16(11-18(13)20)21-19(22)12-23-17-9-7-14-4-2-3-5-15(14)10-17/h2-11H,12H2,1H3,(H,21,22). The number of hydrogen-bond donors (Lipinski definition) is 1. The Kier molecular flexibility index (Phi) is 4.63. The molecule has 0 aliphatic heterocycles. The summed E-state index contributed by atoms with van der Waals surface area (Å²) < 4.78 is 13.5. The summed E-state index contributed by atoms with van der Waals surface area (Å²) >= 11 is 1.46. The van der Waals surface area contributed by atoms with Crippen molar-refractivity contribution in [2.75, 3.05) is 11.1 Å². The zero-order chi connectivity index (χ0) is 16.2. The van der Waals surface area contributed by atoms with Gasteiger partial charge in [-0.1, -0.05) is 36.4 Å². The van der Waals surface area contributed by atoms with E-state index < -0.39 is 0 Å². The molecule has 0 aliphatic rings. The van der Waals surface area contributed by atoms with Crippen molar-refractivity contribution in [1.29, 1.82) is 0 Å². The van der Waals surface area contributed by atoms with Gasteiger partial charge in [0.25, 0.3) is 0 Å². The van der Waals surface area contributed by atoms with E-state index in [-0.39, 0.29) is 17.5 Å². The Balaban J connectivity index is 1.62. The van der Waals surface area contributed by atoms with E-state index in [9.17, 15) is 9.18 Å². The van der Waals surface area contributed by atoms with E-state index in [0.29, 0.717) is 11.3 Å². The van der Waals surface area contributed by atoms with Crippen molar-refractivity contribution in [3.05, 3.63) is 72.0 Å². The number of carbonyl (C=O) groups is 1. The molecule has 23 heavy (non-hydrogen) atoms. The molecule has 0 spiro atoms. The molecule has 1 N–H and O–H groups in total. The van der Waals surface area contributed by atoms with Crippen LogP contribution < -0.4 is 5.32 Å².